The number of benzene rings is 1. The first-order valence-electron chi connectivity index (χ1n) is 10.7. The van der Waals surface area contributed by atoms with Gasteiger partial charge in [-0.05, 0) is 24.5 Å². The van der Waals surface area contributed by atoms with Crippen molar-refractivity contribution in [1.29, 1.82) is 5.41 Å². The van der Waals surface area contributed by atoms with Crippen LogP contribution in [0.2, 0.25) is 10.0 Å². The van der Waals surface area contributed by atoms with E-state index >= 15 is 0 Å². The molecule has 0 atom stereocenters. The molecule has 0 radical (unpaired) electrons. The third kappa shape index (κ3) is 5.98. The Morgan fingerprint density at radius 1 is 1.20 bits per heavy atom. The molecule has 0 amide bonds. The van der Waals surface area contributed by atoms with Crippen LogP contribution in [0.4, 0.5) is 15.9 Å². The summed E-state index contributed by atoms with van der Waals surface area (Å²) in [6, 6.07) is 6.17. The first kappa shape index (κ1) is 27.0. The van der Waals surface area contributed by atoms with Crippen LogP contribution in [0.5, 0.6) is 5.75 Å². The average molecular weight is 537 g/mol. The Balaban J connectivity index is 0.00000167. The van der Waals surface area contributed by atoms with E-state index in [0.29, 0.717) is 33.3 Å². The van der Waals surface area contributed by atoms with E-state index in [1.807, 2.05) is 6.07 Å². The quantitative estimate of drug-likeness (QED) is 0.195. The molecule has 35 heavy (non-hydrogen) atoms. The van der Waals surface area contributed by atoms with E-state index in [2.05, 4.69) is 34.4 Å². The van der Waals surface area contributed by atoms with Gasteiger partial charge in [-0.15, -0.1) is 0 Å². The van der Waals surface area contributed by atoms with Gasteiger partial charge >= 0.3 is 0 Å². The molecule has 7 nitrogen and oxygen atoms in total. The van der Waals surface area contributed by atoms with Crippen molar-refractivity contribution in [2.75, 3.05) is 36.5 Å². The number of nitrogen functional groups attached to an aromatic ring is 1. The van der Waals surface area contributed by atoms with Crippen LogP contribution in [0.3, 0.4) is 0 Å². The largest absolute Gasteiger partial charge is 0.486 e. The van der Waals surface area contributed by atoms with Crippen LogP contribution in [0.1, 0.15) is 23.6 Å². The molecular weight excluding hydrogens is 510 g/mol. The smallest absolute Gasteiger partial charge is 0.167 e. The Labute approximate surface area is 219 Å². The van der Waals surface area contributed by atoms with Crippen LogP contribution >= 0.6 is 35.8 Å². The summed E-state index contributed by atoms with van der Waals surface area (Å²) in [4.78, 5) is 10.5. The summed E-state index contributed by atoms with van der Waals surface area (Å²) in [7, 11) is 0. The fourth-order valence-corrected chi connectivity index (χ4v) is 4.14. The molecule has 0 bridgehead atoms. The number of pyridine rings is 2. The van der Waals surface area contributed by atoms with E-state index in [1.165, 1.54) is 18.5 Å². The normalized spacial score (nSPS) is 14.0. The topological polar surface area (TPSA) is 114 Å². The van der Waals surface area contributed by atoms with Crippen molar-refractivity contribution in [2.45, 2.75) is 13.5 Å². The highest BCUT2D eigenvalue weighted by atomic mass is 35.5. The van der Waals surface area contributed by atoms with E-state index in [1.54, 1.807) is 18.5 Å². The maximum absolute atomic E-state index is 14.5. The number of aromatic nitrogens is 2. The summed E-state index contributed by atoms with van der Waals surface area (Å²) >= 11 is 15.7. The van der Waals surface area contributed by atoms with Crippen molar-refractivity contribution in [2.24, 2.45) is 11.1 Å². The second kappa shape index (κ2) is 11.4. The number of hydrogen-bond donors (Lipinski definition) is 4. The number of nitrogens with one attached hydrogen (secondary N) is 1. The van der Waals surface area contributed by atoms with Gasteiger partial charge in [-0.1, -0.05) is 30.1 Å². The Kier molecular flexibility index (Phi) is 8.82. The Bertz CT molecular complexity index is 1190. The van der Waals surface area contributed by atoms with Crippen LogP contribution in [-0.2, 0) is 6.61 Å². The average Bonchev–Trinajstić information content (AvgIpc) is 2.84. The molecule has 0 unspecified atom stereocenters. The molecule has 1 aliphatic rings. The second-order valence-electron chi connectivity index (χ2n) is 8.39. The molecule has 3 aromatic rings. The van der Waals surface area contributed by atoms with Gasteiger partial charge in [0.25, 0.3) is 0 Å². The van der Waals surface area contributed by atoms with Crippen LogP contribution in [0, 0.1) is 16.6 Å². The van der Waals surface area contributed by atoms with Gasteiger partial charge in [0, 0.05) is 72.1 Å². The standard InChI is InChI=1S/C23H23Cl2FN6O.CH4S/c1-23(10-27)11-32(12-23)21-3-2-13(6-31-21)22(29)14-4-20(18(26)5-19(14)28)33-9-15-16(24)7-30-8-17(15)25;1-2/h2-8,29H,9-12,27-28H2,1H3;2H,1H3. The summed E-state index contributed by atoms with van der Waals surface area (Å²) in [5, 5.41) is 9.22. The van der Waals surface area contributed by atoms with Crippen molar-refractivity contribution in [1.82, 2.24) is 9.97 Å². The monoisotopic (exact) mass is 536 g/mol. The molecule has 0 spiro atoms. The van der Waals surface area contributed by atoms with Crippen LogP contribution < -0.4 is 21.1 Å². The van der Waals surface area contributed by atoms with Gasteiger partial charge in [0.15, 0.2) is 11.6 Å². The lowest BCUT2D eigenvalue weighted by Crippen LogP contribution is -2.58. The molecule has 2 aromatic heterocycles. The number of hydrogen-bond acceptors (Lipinski definition) is 8. The van der Waals surface area contributed by atoms with Gasteiger partial charge in [-0.2, -0.15) is 12.6 Å². The van der Waals surface area contributed by atoms with Gasteiger partial charge in [-0.25, -0.2) is 9.37 Å². The number of halogens is 3. The number of nitrogens with two attached hydrogens (primary N) is 2. The van der Waals surface area contributed by atoms with E-state index in [9.17, 15) is 4.39 Å². The molecule has 1 aliphatic heterocycles. The Hall–Kier alpha value is -2.59. The molecule has 0 aliphatic carbocycles. The van der Waals surface area contributed by atoms with Gasteiger partial charge in [0.1, 0.15) is 12.4 Å². The molecule has 11 heteroatoms. The lowest BCUT2D eigenvalue weighted by Gasteiger charge is -2.48. The van der Waals surface area contributed by atoms with Crippen LogP contribution in [-0.4, -0.2) is 41.6 Å². The minimum atomic E-state index is -0.653. The minimum Gasteiger partial charge on any atom is -0.486 e. The first-order valence-corrected chi connectivity index (χ1v) is 12.3. The summed E-state index contributed by atoms with van der Waals surface area (Å²) < 4.78 is 20.1. The van der Waals surface area contributed by atoms with E-state index in [-0.39, 0.29) is 29.2 Å². The molecule has 4 rings (SSSR count). The number of anilines is 2. The van der Waals surface area contributed by atoms with Crippen molar-refractivity contribution < 1.29 is 9.13 Å². The first-order chi connectivity index (χ1) is 16.7. The van der Waals surface area contributed by atoms with Crippen molar-refractivity contribution >= 4 is 53.0 Å². The fourth-order valence-electron chi connectivity index (χ4n) is 3.66. The zero-order chi connectivity index (χ0) is 25.8. The third-order valence-corrected chi connectivity index (χ3v) is 6.35. The van der Waals surface area contributed by atoms with Crippen molar-refractivity contribution in [3.63, 3.8) is 0 Å². The minimum absolute atomic E-state index is 0.0679. The molecule has 186 valence electrons. The predicted molar refractivity (Wildman–Crippen MR) is 144 cm³/mol. The highest BCUT2D eigenvalue weighted by Gasteiger charge is 2.38. The zero-order valence-electron chi connectivity index (χ0n) is 19.4. The molecule has 1 saturated heterocycles. The SMILES string of the molecule is CC1(CN)CN(c2ccc(C(=N)c3cc(OCc4c(Cl)cncc4Cl)c(F)cc3N)cn2)C1.CS. The lowest BCUT2D eigenvalue weighted by molar-refractivity contribution is 0.253. The third-order valence-electron chi connectivity index (χ3n) is 5.70. The molecule has 5 N–H and O–H groups in total. The maximum atomic E-state index is 14.5. The number of rotatable bonds is 7. The van der Waals surface area contributed by atoms with Gasteiger partial charge in [-0.3, -0.25) is 10.4 Å². The summed E-state index contributed by atoms with van der Waals surface area (Å²) in [6.07, 6.45) is 6.16. The van der Waals surface area contributed by atoms with Crippen molar-refractivity contribution in [3.8, 4) is 5.75 Å². The molecule has 3 heterocycles. The summed E-state index contributed by atoms with van der Waals surface area (Å²) in [5.41, 5.74) is 13.5. The molecular formula is C24H27Cl2FN6OS. The van der Waals surface area contributed by atoms with E-state index < -0.39 is 5.82 Å². The summed E-state index contributed by atoms with van der Waals surface area (Å²) in [5.74, 6) is 0.0957. The number of ether oxygens (including phenoxy) is 1. The predicted octanol–water partition coefficient (Wildman–Crippen LogP) is 4.83. The molecule has 0 saturated carbocycles. The number of nitrogens with zero attached hydrogens (tertiary/aromatic N) is 3. The van der Waals surface area contributed by atoms with E-state index in [4.69, 9.17) is 44.8 Å². The lowest BCUT2D eigenvalue weighted by atomic mass is 9.82. The maximum Gasteiger partial charge on any atom is 0.167 e. The molecule has 1 fully saturated rings. The fraction of sp³-hybridized carbons (Fsp3) is 0.292. The highest BCUT2D eigenvalue weighted by Crippen LogP contribution is 2.33. The van der Waals surface area contributed by atoms with Gasteiger partial charge in [0.05, 0.1) is 15.8 Å². The highest BCUT2D eigenvalue weighted by molar-refractivity contribution is 7.79. The Morgan fingerprint density at radius 3 is 2.43 bits per heavy atom. The second-order valence-corrected chi connectivity index (χ2v) is 9.21. The zero-order valence-corrected chi connectivity index (χ0v) is 21.8. The molecule has 1 aromatic carbocycles. The van der Waals surface area contributed by atoms with Crippen molar-refractivity contribution in [3.05, 3.63) is 75.4 Å². The Morgan fingerprint density at radius 2 is 1.86 bits per heavy atom. The number of thiol groups is 1. The van der Waals surface area contributed by atoms with Gasteiger partial charge < -0.3 is 21.1 Å². The van der Waals surface area contributed by atoms with Gasteiger partial charge in [0.2, 0.25) is 0 Å². The summed E-state index contributed by atoms with van der Waals surface area (Å²) in [6.45, 7) is 4.37. The van der Waals surface area contributed by atoms with Crippen LogP contribution in [0.15, 0.2) is 42.9 Å². The van der Waals surface area contributed by atoms with E-state index in [0.717, 1.165) is 25.0 Å². The van der Waals surface area contributed by atoms with Crippen LogP contribution in [0.25, 0.3) is 0 Å².